The molecule has 0 aliphatic carbocycles. The van der Waals surface area contributed by atoms with Crippen molar-refractivity contribution in [2.24, 2.45) is 0 Å². The minimum atomic E-state index is 0.704. The van der Waals surface area contributed by atoms with E-state index in [1.54, 1.807) is 5.54 Å². The Morgan fingerprint density at radius 2 is 2.31 bits per heavy atom. The topological polar surface area (TPSA) is 27.0 Å². The molecule has 0 aromatic heterocycles. The zero-order valence-electron chi connectivity index (χ0n) is 9.57. The summed E-state index contributed by atoms with van der Waals surface area (Å²) in [5.41, 5.74) is 4.57. The molecule has 1 aromatic carbocycles. The van der Waals surface area contributed by atoms with Crippen LogP contribution in [0.25, 0.3) is 0 Å². The van der Waals surface area contributed by atoms with E-state index in [0.29, 0.717) is 5.56 Å². The Hall–Kier alpha value is -1.30. The highest BCUT2D eigenvalue weighted by molar-refractivity contribution is 6.25. The summed E-state index contributed by atoms with van der Waals surface area (Å²) in [5.74, 6) is 0. The zero-order chi connectivity index (χ0) is 12.0. The molecule has 0 fully saturated rings. The Labute approximate surface area is 102 Å². The molecular weight excluding hydrogens is 220 g/mol. The molecule has 0 spiro atoms. The van der Waals surface area contributed by atoms with Crippen LogP contribution in [0.2, 0.25) is 0 Å². The zero-order valence-corrected chi connectivity index (χ0v) is 10.3. The summed E-state index contributed by atoms with van der Waals surface area (Å²) in [7, 11) is 2.03. The molecule has 0 atom stereocenters. The van der Waals surface area contributed by atoms with Crippen LogP contribution in [0.15, 0.2) is 35.4 Å². The summed E-state index contributed by atoms with van der Waals surface area (Å²) < 4.78 is 0. The third-order valence-electron chi connectivity index (χ3n) is 2.21. The Balaban J connectivity index is 2.63. The van der Waals surface area contributed by atoms with Gasteiger partial charge in [-0.15, -0.1) is 0 Å². The van der Waals surface area contributed by atoms with Crippen molar-refractivity contribution in [1.82, 2.24) is 4.90 Å². The van der Waals surface area contributed by atoms with Gasteiger partial charge in [0.1, 0.15) is 0 Å². The second-order valence-electron chi connectivity index (χ2n) is 3.94. The molecule has 0 heterocycles. The van der Waals surface area contributed by atoms with E-state index in [1.807, 2.05) is 38.2 Å². The predicted molar refractivity (Wildman–Crippen MR) is 67.1 cm³/mol. The normalized spacial score (nSPS) is 11.6. The lowest BCUT2D eigenvalue weighted by atomic mass is 10.1. The molecule has 0 radical (unpaired) electrons. The molecule has 3 heteroatoms. The standard InChI is InChI=1S/C13H15ClN2/c1-11(7-14)9-16(2)10-13-5-3-4-12(6-13)8-15/h3-7H,9-10H2,1-2H3/b11-7+. The average Bonchev–Trinajstić information content (AvgIpc) is 2.28. The summed E-state index contributed by atoms with van der Waals surface area (Å²) in [6, 6.07) is 9.80. The molecular formula is C13H15ClN2. The monoisotopic (exact) mass is 234 g/mol. The van der Waals surface area contributed by atoms with Gasteiger partial charge in [0, 0.05) is 18.6 Å². The fourth-order valence-corrected chi connectivity index (χ4v) is 1.64. The minimum Gasteiger partial charge on any atom is -0.298 e. The number of halogens is 1. The highest BCUT2D eigenvalue weighted by atomic mass is 35.5. The average molecular weight is 235 g/mol. The highest BCUT2D eigenvalue weighted by Crippen LogP contribution is 2.08. The molecule has 16 heavy (non-hydrogen) atoms. The van der Waals surface area contributed by atoms with Gasteiger partial charge in [-0.25, -0.2) is 0 Å². The van der Waals surface area contributed by atoms with Gasteiger partial charge in [0.25, 0.3) is 0 Å². The lowest BCUT2D eigenvalue weighted by Gasteiger charge is -2.16. The number of benzene rings is 1. The maximum absolute atomic E-state index is 8.79. The van der Waals surface area contributed by atoms with Crippen LogP contribution in [0.3, 0.4) is 0 Å². The summed E-state index contributed by atoms with van der Waals surface area (Å²) in [6.45, 7) is 3.65. The Kier molecular flexibility index (Phi) is 5.04. The molecule has 0 saturated heterocycles. The van der Waals surface area contributed by atoms with Gasteiger partial charge in [0.15, 0.2) is 0 Å². The Morgan fingerprint density at radius 3 is 2.94 bits per heavy atom. The largest absolute Gasteiger partial charge is 0.298 e. The molecule has 0 amide bonds. The van der Waals surface area contributed by atoms with E-state index in [2.05, 4.69) is 11.0 Å². The lowest BCUT2D eigenvalue weighted by Crippen LogP contribution is -2.19. The quantitative estimate of drug-likeness (QED) is 0.801. The number of rotatable bonds is 4. The second-order valence-corrected chi connectivity index (χ2v) is 4.16. The maximum atomic E-state index is 8.79. The van der Waals surface area contributed by atoms with E-state index in [0.717, 1.165) is 24.2 Å². The number of hydrogen-bond donors (Lipinski definition) is 0. The van der Waals surface area contributed by atoms with E-state index < -0.39 is 0 Å². The van der Waals surface area contributed by atoms with Gasteiger partial charge in [-0.2, -0.15) is 5.26 Å². The third-order valence-corrected chi connectivity index (χ3v) is 2.59. The highest BCUT2D eigenvalue weighted by Gasteiger charge is 2.01. The SMILES string of the molecule is C/C(=C\Cl)CN(C)Cc1cccc(C#N)c1. The van der Waals surface area contributed by atoms with Gasteiger partial charge in [0.05, 0.1) is 11.6 Å². The smallest absolute Gasteiger partial charge is 0.0991 e. The van der Waals surface area contributed by atoms with Crippen LogP contribution in [0.5, 0.6) is 0 Å². The Morgan fingerprint density at radius 1 is 1.56 bits per heavy atom. The summed E-state index contributed by atoms with van der Waals surface area (Å²) in [4.78, 5) is 2.16. The van der Waals surface area contributed by atoms with Crippen molar-refractivity contribution in [3.8, 4) is 6.07 Å². The first-order valence-electron chi connectivity index (χ1n) is 5.09. The van der Waals surface area contributed by atoms with E-state index in [4.69, 9.17) is 16.9 Å². The van der Waals surface area contributed by atoms with Crippen LogP contribution < -0.4 is 0 Å². The van der Waals surface area contributed by atoms with Crippen molar-refractivity contribution in [3.05, 3.63) is 46.5 Å². The van der Waals surface area contributed by atoms with Crippen LogP contribution in [-0.2, 0) is 6.54 Å². The molecule has 0 aliphatic heterocycles. The predicted octanol–water partition coefficient (Wildman–Crippen LogP) is 3.13. The molecule has 2 nitrogen and oxygen atoms in total. The van der Waals surface area contributed by atoms with Gasteiger partial charge in [-0.1, -0.05) is 23.7 Å². The van der Waals surface area contributed by atoms with E-state index in [1.165, 1.54) is 0 Å². The van der Waals surface area contributed by atoms with Crippen LogP contribution in [0.4, 0.5) is 0 Å². The first-order chi connectivity index (χ1) is 7.65. The van der Waals surface area contributed by atoms with Crippen LogP contribution in [0.1, 0.15) is 18.1 Å². The fourth-order valence-electron chi connectivity index (χ4n) is 1.57. The summed E-state index contributed by atoms with van der Waals surface area (Å²) >= 11 is 5.61. The fraction of sp³-hybridized carbons (Fsp3) is 0.308. The minimum absolute atomic E-state index is 0.704. The van der Waals surface area contributed by atoms with Crippen molar-refractivity contribution in [3.63, 3.8) is 0 Å². The number of likely N-dealkylation sites (N-methyl/N-ethyl adjacent to an activating group) is 1. The van der Waals surface area contributed by atoms with Crippen LogP contribution in [-0.4, -0.2) is 18.5 Å². The third kappa shape index (κ3) is 4.06. The molecule has 0 N–H and O–H groups in total. The van der Waals surface area contributed by atoms with E-state index >= 15 is 0 Å². The summed E-state index contributed by atoms with van der Waals surface area (Å²) in [6.07, 6.45) is 0. The van der Waals surface area contributed by atoms with Crippen molar-refractivity contribution in [2.75, 3.05) is 13.6 Å². The lowest BCUT2D eigenvalue weighted by molar-refractivity contribution is 0.355. The molecule has 0 unspecified atom stereocenters. The van der Waals surface area contributed by atoms with Gasteiger partial charge in [-0.3, -0.25) is 4.90 Å². The van der Waals surface area contributed by atoms with Crippen molar-refractivity contribution < 1.29 is 0 Å². The van der Waals surface area contributed by atoms with Crippen molar-refractivity contribution >= 4 is 11.6 Å². The van der Waals surface area contributed by atoms with E-state index in [-0.39, 0.29) is 0 Å². The molecule has 84 valence electrons. The summed E-state index contributed by atoms with van der Waals surface area (Å²) in [5, 5.41) is 8.79. The molecule has 0 aliphatic rings. The van der Waals surface area contributed by atoms with Crippen molar-refractivity contribution in [1.29, 1.82) is 5.26 Å². The maximum Gasteiger partial charge on any atom is 0.0991 e. The van der Waals surface area contributed by atoms with Gasteiger partial charge in [0.2, 0.25) is 0 Å². The van der Waals surface area contributed by atoms with Crippen LogP contribution >= 0.6 is 11.6 Å². The number of hydrogen-bond acceptors (Lipinski definition) is 2. The van der Waals surface area contributed by atoms with Crippen LogP contribution in [0, 0.1) is 11.3 Å². The first-order valence-corrected chi connectivity index (χ1v) is 5.53. The molecule has 1 rings (SSSR count). The first kappa shape index (κ1) is 12.8. The number of nitrogens with zero attached hydrogens (tertiary/aromatic N) is 2. The molecule has 0 saturated carbocycles. The second kappa shape index (κ2) is 6.32. The Bertz CT molecular complexity index is 418. The molecule has 0 bridgehead atoms. The van der Waals surface area contributed by atoms with Gasteiger partial charge in [-0.05, 0) is 37.2 Å². The van der Waals surface area contributed by atoms with E-state index in [9.17, 15) is 0 Å². The van der Waals surface area contributed by atoms with Gasteiger partial charge < -0.3 is 0 Å². The number of nitriles is 1. The molecule has 1 aromatic rings. The van der Waals surface area contributed by atoms with Crippen molar-refractivity contribution in [2.45, 2.75) is 13.5 Å². The van der Waals surface area contributed by atoms with Gasteiger partial charge >= 0.3 is 0 Å².